The second-order valence-corrected chi connectivity index (χ2v) is 5.99. The lowest BCUT2D eigenvalue weighted by atomic mass is 9.85. The number of nitrogens with two attached hydrogens (primary N) is 1. The van der Waals surface area contributed by atoms with Gasteiger partial charge in [0.25, 0.3) is 0 Å². The molecule has 0 aromatic heterocycles. The van der Waals surface area contributed by atoms with E-state index in [4.69, 9.17) is 5.73 Å². The average Bonchev–Trinajstić information content (AvgIpc) is 2.49. The van der Waals surface area contributed by atoms with Gasteiger partial charge in [-0.3, -0.25) is 4.79 Å². The van der Waals surface area contributed by atoms with E-state index in [1.54, 1.807) is 0 Å². The Kier molecular flexibility index (Phi) is 4.33. The van der Waals surface area contributed by atoms with Crippen molar-refractivity contribution in [1.82, 2.24) is 10.2 Å². The zero-order valence-corrected chi connectivity index (χ0v) is 10.9. The van der Waals surface area contributed by atoms with Gasteiger partial charge in [-0.25, -0.2) is 0 Å². The van der Waals surface area contributed by atoms with Crippen molar-refractivity contribution in [2.24, 2.45) is 11.1 Å². The Bertz CT molecular complexity index is 247. The van der Waals surface area contributed by atoms with Crippen molar-refractivity contribution >= 4 is 5.91 Å². The van der Waals surface area contributed by atoms with Crippen LogP contribution in [0.25, 0.3) is 0 Å². The molecule has 94 valence electrons. The maximum Gasteiger partial charge on any atom is 0.221 e. The van der Waals surface area contributed by atoms with Gasteiger partial charge in [0.05, 0.1) is 0 Å². The number of hydrogen-bond donors (Lipinski definition) is 2. The van der Waals surface area contributed by atoms with Gasteiger partial charge in [0.15, 0.2) is 0 Å². The highest BCUT2D eigenvalue weighted by Crippen LogP contribution is 2.19. The van der Waals surface area contributed by atoms with E-state index in [2.05, 4.69) is 38.0 Å². The first-order valence-electron chi connectivity index (χ1n) is 6.02. The quantitative estimate of drug-likeness (QED) is 0.741. The number of carbonyl (C=O) groups excluding carboxylic acids is 1. The minimum Gasteiger partial charge on any atom is -0.352 e. The lowest BCUT2D eigenvalue weighted by Crippen LogP contribution is -2.43. The van der Waals surface area contributed by atoms with Crippen molar-refractivity contribution in [3.05, 3.63) is 0 Å². The molecular weight excluding hydrogens is 202 g/mol. The van der Waals surface area contributed by atoms with Crippen molar-refractivity contribution < 1.29 is 4.79 Å². The summed E-state index contributed by atoms with van der Waals surface area (Å²) in [7, 11) is 2.08. The first-order chi connectivity index (χ1) is 7.29. The van der Waals surface area contributed by atoms with Crippen LogP contribution in [0.2, 0.25) is 0 Å². The van der Waals surface area contributed by atoms with E-state index >= 15 is 0 Å². The third-order valence-corrected chi connectivity index (χ3v) is 3.27. The molecule has 4 heteroatoms. The fourth-order valence-electron chi connectivity index (χ4n) is 1.85. The molecule has 0 radical (unpaired) electrons. The maximum absolute atomic E-state index is 11.8. The number of hydrogen-bond acceptors (Lipinski definition) is 3. The van der Waals surface area contributed by atoms with Gasteiger partial charge in [0.1, 0.15) is 0 Å². The molecule has 1 fully saturated rings. The Morgan fingerprint density at radius 2 is 2.19 bits per heavy atom. The zero-order chi connectivity index (χ0) is 12.3. The molecule has 0 aliphatic carbocycles. The monoisotopic (exact) mass is 227 g/mol. The molecule has 4 nitrogen and oxygen atoms in total. The van der Waals surface area contributed by atoms with Crippen LogP contribution in [-0.2, 0) is 4.79 Å². The summed E-state index contributed by atoms with van der Waals surface area (Å²) in [5.74, 6) is 0.0859. The van der Waals surface area contributed by atoms with Gasteiger partial charge in [-0.1, -0.05) is 20.8 Å². The normalized spacial score (nSPS) is 24.4. The van der Waals surface area contributed by atoms with Gasteiger partial charge in [-0.2, -0.15) is 0 Å². The molecule has 3 N–H and O–H groups in total. The topological polar surface area (TPSA) is 58.4 Å². The third kappa shape index (κ3) is 4.10. The summed E-state index contributed by atoms with van der Waals surface area (Å²) in [6.45, 7) is 8.21. The van der Waals surface area contributed by atoms with Crippen molar-refractivity contribution in [1.29, 1.82) is 0 Å². The van der Waals surface area contributed by atoms with E-state index in [0.29, 0.717) is 12.5 Å². The van der Waals surface area contributed by atoms with Crippen molar-refractivity contribution in [3.8, 4) is 0 Å². The molecule has 1 aliphatic rings. The molecule has 0 spiro atoms. The van der Waals surface area contributed by atoms with Crippen LogP contribution < -0.4 is 11.1 Å². The molecule has 16 heavy (non-hydrogen) atoms. The number of nitrogens with one attached hydrogen (secondary N) is 1. The minimum absolute atomic E-state index is 0.0101. The van der Waals surface area contributed by atoms with Gasteiger partial charge in [0, 0.05) is 25.0 Å². The Labute approximate surface area is 98.6 Å². The predicted molar refractivity (Wildman–Crippen MR) is 66.1 cm³/mol. The summed E-state index contributed by atoms with van der Waals surface area (Å²) in [4.78, 5) is 14.0. The fraction of sp³-hybridized carbons (Fsp3) is 0.917. The lowest BCUT2D eigenvalue weighted by Gasteiger charge is -2.27. The molecule has 0 aromatic rings. The van der Waals surface area contributed by atoms with Gasteiger partial charge in [-0.15, -0.1) is 0 Å². The highest BCUT2D eigenvalue weighted by Gasteiger charge is 2.25. The van der Waals surface area contributed by atoms with Crippen LogP contribution in [0.4, 0.5) is 0 Å². The zero-order valence-electron chi connectivity index (χ0n) is 10.9. The number of rotatable bonds is 3. The van der Waals surface area contributed by atoms with Crippen molar-refractivity contribution in [2.45, 2.75) is 45.7 Å². The molecule has 2 atom stereocenters. The van der Waals surface area contributed by atoms with Crippen LogP contribution in [0.15, 0.2) is 0 Å². The molecule has 0 aromatic carbocycles. The van der Waals surface area contributed by atoms with E-state index < -0.39 is 0 Å². The van der Waals surface area contributed by atoms with Gasteiger partial charge >= 0.3 is 0 Å². The fourth-order valence-corrected chi connectivity index (χ4v) is 1.85. The van der Waals surface area contributed by atoms with E-state index in [-0.39, 0.29) is 17.4 Å². The Morgan fingerprint density at radius 1 is 1.56 bits per heavy atom. The van der Waals surface area contributed by atoms with Crippen LogP contribution in [0.3, 0.4) is 0 Å². The molecule has 1 amide bonds. The van der Waals surface area contributed by atoms with Crippen molar-refractivity contribution in [2.75, 3.05) is 20.1 Å². The Balaban J connectivity index is 2.31. The number of carbonyl (C=O) groups is 1. The first-order valence-corrected chi connectivity index (χ1v) is 6.02. The SMILES string of the molecule is CN1CCC(NC(=O)CC(N)C(C)(C)C)C1. The first kappa shape index (κ1) is 13.5. The summed E-state index contributed by atoms with van der Waals surface area (Å²) < 4.78 is 0. The molecule has 1 aliphatic heterocycles. The summed E-state index contributed by atoms with van der Waals surface area (Å²) in [6.07, 6.45) is 1.47. The maximum atomic E-state index is 11.8. The molecule has 1 saturated heterocycles. The summed E-state index contributed by atoms with van der Waals surface area (Å²) in [5, 5.41) is 3.05. The smallest absolute Gasteiger partial charge is 0.221 e. The lowest BCUT2D eigenvalue weighted by molar-refractivity contribution is -0.122. The molecule has 1 rings (SSSR count). The van der Waals surface area contributed by atoms with Crippen LogP contribution in [0.5, 0.6) is 0 Å². The highest BCUT2D eigenvalue weighted by atomic mass is 16.1. The third-order valence-electron chi connectivity index (χ3n) is 3.27. The largest absolute Gasteiger partial charge is 0.352 e. The van der Waals surface area contributed by atoms with Crippen molar-refractivity contribution in [3.63, 3.8) is 0 Å². The van der Waals surface area contributed by atoms with Crippen LogP contribution in [-0.4, -0.2) is 43.0 Å². The van der Waals surface area contributed by atoms with E-state index in [1.807, 2.05) is 0 Å². The van der Waals surface area contributed by atoms with Gasteiger partial charge in [-0.05, 0) is 25.4 Å². The molecule has 0 bridgehead atoms. The standard InChI is InChI=1S/C12H25N3O/c1-12(2,3)10(13)7-11(16)14-9-5-6-15(4)8-9/h9-10H,5-8,13H2,1-4H3,(H,14,16). The number of amides is 1. The molecule has 1 heterocycles. The predicted octanol–water partition coefficient (Wildman–Crippen LogP) is 0.570. The Morgan fingerprint density at radius 3 is 2.62 bits per heavy atom. The number of likely N-dealkylation sites (tertiary alicyclic amines) is 1. The summed E-state index contributed by atoms with van der Waals surface area (Å²) in [6, 6.07) is 0.233. The molecule has 0 saturated carbocycles. The second-order valence-electron chi connectivity index (χ2n) is 5.99. The Hall–Kier alpha value is -0.610. The van der Waals surface area contributed by atoms with Crippen LogP contribution in [0.1, 0.15) is 33.6 Å². The van der Waals surface area contributed by atoms with E-state index in [1.165, 1.54) is 0 Å². The van der Waals surface area contributed by atoms with Crippen LogP contribution >= 0.6 is 0 Å². The number of nitrogens with zero attached hydrogens (tertiary/aromatic N) is 1. The van der Waals surface area contributed by atoms with E-state index in [0.717, 1.165) is 19.5 Å². The second kappa shape index (κ2) is 5.15. The van der Waals surface area contributed by atoms with Crippen LogP contribution in [0, 0.1) is 5.41 Å². The number of likely N-dealkylation sites (N-methyl/N-ethyl adjacent to an activating group) is 1. The minimum atomic E-state index is -0.0772. The van der Waals surface area contributed by atoms with Gasteiger partial charge < -0.3 is 16.0 Å². The van der Waals surface area contributed by atoms with Gasteiger partial charge in [0.2, 0.25) is 5.91 Å². The van der Waals surface area contributed by atoms with E-state index in [9.17, 15) is 4.79 Å². The average molecular weight is 227 g/mol. The highest BCUT2D eigenvalue weighted by molar-refractivity contribution is 5.77. The summed E-state index contributed by atoms with van der Waals surface area (Å²) in [5.41, 5.74) is 5.97. The molecular formula is C12H25N3O. The molecule has 2 unspecified atom stereocenters. The summed E-state index contributed by atoms with van der Waals surface area (Å²) >= 11 is 0.